The van der Waals surface area contributed by atoms with Crippen molar-refractivity contribution in [1.82, 2.24) is 4.57 Å². The Hall–Kier alpha value is -1.35. The van der Waals surface area contributed by atoms with E-state index in [1.165, 1.54) is 11.3 Å². The van der Waals surface area contributed by atoms with Gasteiger partial charge in [0.1, 0.15) is 4.88 Å². The van der Waals surface area contributed by atoms with Gasteiger partial charge in [-0.2, -0.15) is 0 Å². The molecule has 8 heteroatoms. The van der Waals surface area contributed by atoms with Crippen molar-refractivity contribution >= 4 is 51.0 Å². The summed E-state index contributed by atoms with van der Waals surface area (Å²) in [6, 6.07) is 5.46. The fourth-order valence-corrected chi connectivity index (χ4v) is 4.74. The van der Waals surface area contributed by atoms with Crippen LogP contribution in [0.1, 0.15) is 17.7 Å². The van der Waals surface area contributed by atoms with E-state index >= 15 is 0 Å². The molecule has 5 nitrogen and oxygen atoms in total. The highest BCUT2D eigenvalue weighted by Crippen LogP contribution is 2.33. The normalized spacial score (nSPS) is 19.6. The summed E-state index contributed by atoms with van der Waals surface area (Å²) in [5.41, 5.74) is 0.408. The molecule has 0 bridgehead atoms. The van der Waals surface area contributed by atoms with Gasteiger partial charge in [-0.15, -0.1) is 11.3 Å². The molecule has 2 aromatic rings. The molecule has 0 aliphatic carbocycles. The van der Waals surface area contributed by atoms with Crippen LogP contribution in [-0.4, -0.2) is 28.3 Å². The van der Waals surface area contributed by atoms with E-state index in [9.17, 15) is 9.90 Å². The standard InChI is InChI=1S/C16H13BrN2O3S2/c17-8-3-4-11-10(6-8)12(14(20)18-11)13-15(21)19(16(23)24-13)7-9-2-1-5-22-9/h3-4,6,9,21H,1-2,5,7H2/t9-/m0/s1. The van der Waals surface area contributed by atoms with Crippen LogP contribution in [0.15, 0.2) is 27.7 Å². The number of halogens is 1. The van der Waals surface area contributed by atoms with Gasteiger partial charge in [-0.3, -0.25) is 9.36 Å². The number of thiazole rings is 1. The second-order valence-corrected chi connectivity index (χ2v) is 8.28. The summed E-state index contributed by atoms with van der Waals surface area (Å²) in [6.07, 6.45) is 2.03. The number of nitrogens with zero attached hydrogens (tertiary/aromatic N) is 2. The van der Waals surface area contributed by atoms with Gasteiger partial charge in [0, 0.05) is 16.3 Å². The van der Waals surface area contributed by atoms with Gasteiger partial charge in [0.2, 0.25) is 5.88 Å². The Morgan fingerprint density at radius 3 is 3.08 bits per heavy atom. The SMILES string of the molecule is O=C1N=c2ccc(Br)cc2=C1c1sc(=S)n(C[C@@H]2CCCO2)c1O. The monoisotopic (exact) mass is 424 g/mol. The van der Waals surface area contributed by atoms with Crippen LogP contribution in [0, 0.1) is 3.95 Å². The number of hydrogen-bond donors (Lipinski definition) is 1. The van der Waals surface area contributed by atoms with E-state index < -0.39 is 0 Å². The van der Waals surface area contributed by atoms with E-state index in [0.717, 1.165) is 23.9 Å². The zero-order chi connectivity index (χ0) is 16.8. The van der Waals surface area contributed by atoms with E-state index in [4.69, 9.17) is 17.0 Å². The Kier molecular flexibility index (Phi) is 4.16. The molecular formula is C16H13BrN2O3S2. The predicted octanol–water partition coefficient (Wildman–Crippen LogP) is 2.28. The number of amides is 1. The van der Waals surface area contributed by atoms with Crippen molar-refractivity contribution in [2.45, 2.75) is 25.5 Å². The van der Waals surface area contributed by atoms with Crippen LogP contribution in [0.25, 0.3) is 5.57 Å². The minimum absolute atomic E-state index is 0.0203. The fraction of sp³-hybridized carbons (Fsp3) is 0.312. The Bertz CT molecular complexity index is 1020. The summed E-state index contributed by atoms with van der Waals surface area (Å²) < 4.78 is 8.66. The lowest BCUT2D eigenvalue weighted by atomic mass is 10.1. The van der Waals surface area contributed by atoms with E-state index in [1.54, 1.807) is 10.6 Å². The maximum Gasteiger partial charge on any atom is 0.279 e. The highest BCUT2D eigenvalue weighted by molar-refractivity contribution is 9.10. The average molecular weight is 425 g/mol. The van der Waals surface area contributed by atoms with Crippen LogP contribution < -0.4 is 10.6 Å². The maximum absolute atomic E-state index is 12.4. The van der Waals surface area contributed by atoms with E-state index in [2.05, 4.69) is 20.9 Å². The topological polar surface area (TPSA) is 63.8 Å². The Labute approximate surface area is 155 Å². The molecular weight excluding hydrogens is 412 g/mol. The summed E-state index contributed by atoms with van der Waals surface area (Å²) in [5.74, 6) is -0.328. The zero-order valence-electron chi connectivity index (χ0n) is 12.5. The lowest BCUT2D eigenvalue weighted by molar-refractivity contribution is -0.112. The van der Waals surface area contributed by atoms with Crippen molar-refractivity contribution in [2.24, 2.45) is 4.99 Å². The predicted molar refractivity (Wildman–Crippen MR) is 96.2 cm³/mol. The third kappa shape index (κ3) is 2.67. The van der Waals surface area contributed by atoms with Crippen molar-refractivity contribution in [3.63, 3.8) is 0 Å². The van der Waals surface area contributed by atoms with Gasteiger partial charge in [0.05, 0.1) is 23.6 Å². The molecule has 0 spiro atoms. The van der Waals surface area contributed by atoms with E-state index in [-0.39, 0.29) is 17.9 Å². The average Bonchev–Trinajstić information content (AvgIpc) is 3.22. The Balaban J connectivity index is 1.86. The molecule has 124 valence electrons. The molecule has 0 saturated carbocycles. The third-order valence-corrected chi connectivity index (χ3v) is 6.12. The second-order valence-electron chi connectivity index (χ2n) is 5.72. The number of aromatic nitrogens is 1. The van der Waals surface area contributed by atoms with Crippen LogP contribution in [0.4, 0.5) is 0 Å². The quantitative estimate of drug-likeness (QED) is 0.767. The first-order chi connectivity index (χ1) is 11.5. The second kappa shape index (κ2) is 6.18. The van der Waals surface area contributed by atoms with Crippen molar-refractivity contribution in [2.75, 3.05) is 6.61 Å². The van der Waals surface area contributed by atoms with Gasteiger partial charge in [-0.1, -0.05) is 15.9 Å². The van der Waals surface area contributed by atoms with E-state index in [0.29, 0.717) is 31.5 Å². The maximum atomic E-state index is 12.4. The minimum Gasteiger partial charge on any atom is -0.493 e. The van der Waals surface area contributed by atoms with Gasteiger partial charge >= 0.3 is 0 Å². The molecule has 24 heavy (non-hydrogen) atoms. The fourth-order valence-electron chi connectivity index (χ4n) is 3.02. The van der Waals surface area contributed by atoms with Crippen LogP contribution in [0.5, 0.6) is 5.88 Å². The number of rotatable bonds is 3. The molecule has 1 saturated heterocycles. The molecule has 1 fully saturated rings. The molecule has 3 heterocycles. The van der Waals surface area contributed by atoms with Crippen molar-refractivity contribution < 1.29 is 14.6 Å². The van der Waals surface area contributed by atoms with Crippen molar-refractivity contribution in [3.05, 3.63) is 42.1 Å². The molecule has 0 unspecified atom stereocenters. The number of fused-ring (bicyclic) bond motifs is 1. The van der Waals surface area contributed by atoms with Crippen molar-refractivity contribution in [1.29, 1.82) is 0 Å². The highest BCUT2D eigenvalue weighted by atomic mass is 79.9. The van der Waals surface area contributed by atoms with Crippen molar-refractivity contribution in [3.8, 4) is 5.88 Å². The molecule has 2 aliphatic heterocycles. The lowest BCUT2D eigenvalue weighted by Crippen LogP contribution is -2.22. The smallest absolute Gasteiger partial charge is 0.279 e. The molecule has 1 N–H and O–H groups in total. The number of benzene rings is 1. The first kappa shape index (κ1) is 16.1. The number of aromatic hydroxyl groups is 1. The largest absolute Gasteiger partial charge is 0.493 e. The first-order valence-electron chi connectivity index (χ1n) is 7.52. The number of carbonyl (C=O) groups is 1. The Morgan fingerprint density at radius 2 is 2.33 bits per heavy atom. The van der Waals surface area contributed by atoms with Crippen LogP contribution in [0.3, 0.4) is 0 Å². The minimum atomic E-state index is -0.348. The highest BCUT2D eigenvalue weighted by Gasteiger charge is 2.27. The molecule has 1 atom stereocenters. The first-order valence-corrected chi connectivity index (χ1v) is 9.54. The Morgan fingerprint density at radius 1 is 1.50 bits per heavy atom. The summed E-state index contributed by atoms with van der Waals surface area (Å²) in [5, 5.41) is 12.0. The van der Waals surface area contributed by atoms with Crippen LogP contribution in [-0.2, 0) is 16.1 Å². The number of carbonyl (C=O) groups excluding carboxylic acids is 1. The molecule has 1 amide bonds. The van der Waals surface area contributed by atoms with Gasteiger partial charge < -0.3 is 9.84 Å². The van der Waals surface area contributed by atoms with Gasteiger partial charge in [-0.05, 0) is 43.3 Å². The summed E-state index contributed by atoms with van der Waals surface area (Å²) in [6.45, 7) is 1.25. The molecule has 4 rings (SSSR count). The lowest BCUT2D eigenvalue weighted by Gasteiger charge is -2.11. The molecule has 2 aliphatic rings. The summed E-state index contributed by atoms with van der Waals surface area (Å²) >= 11 is 10.0. The molecule has 1 aromatic carbocycles. The third-order valence-electron chi connectivity index (χ3n) is 4.17. The number of hydrogen-bond acceptors (Lipinski definition) is 5. The molecule has 1 aromatic heterocycles. The van der Waals surface area contributed by atoms with Gasteiger partial charge in [-0.25, -0.2) is 4.99 Å². The van der Waals surface area contributed by atoms with Gasteiger partial charge in [0.25, 0.3) is 5.91 Å². The number of ether oxygens (including phenoxy) is 1. The molecule has 0 radical (unpaired) electrons. The van der Waals surface area contributed by atoms with E-state index in [1.807, 2.05) is 12.1 Å². The zero-order valence-corrected chi connectivity index (χ0v) is 15.7. The van der Waals surface area contributed by atoms with Crippen LogP contribution >= 0.6 is 39.5 Å². The van der Waals surface area contributed by atoms with Gasteiger partial charge in [0.15, 0.2) is 3.95 Å². The summed E-state index contributed by atoms with van der Waals surface area (Å²) in [7, 11) is 0. The summed E-state index contributed by atoms with van der Waals surface area (Å²) in [4.78, 5) is 16.9. The van der Waals surface area contributed by atoms with Crippen LogP contribution in [0.2, 0.25) is 0 Å².